The van der Waals surface area contributed by atoms with Gasteiger partial charge in [0.15, 0.2) is 17.3 Å². The maximum absolute atomic E-state index is 13.4. The summed E-state index contributed by atoms with van der Waals surface area (Å²) in [5.74, 6) is 1.13. The number of halogens is 1. The molecule has 0 atom stereocenters. The Hall–Kier alpha value is -4.13. The third-order valence-electron chi connectivity index (χ3n) is 4.77. The van der Waals surface area contributed by atoms with Crippen LogP contribution in [0.5, 0.6) is 11.5 Å². The Morgan fingerprint density at radius 2 is 1.75 bits per heavy atom. The number of hydrogen-bond donors (Lipinski definition) is 1. The highest BCUT2D eigenvalue weighted by molar-refractivity contribution is 6.03. The molecular weight excluding hydrogens is 409 g/mol. The van der Waals surface area contributed by atoms with E-state index in [0.29, 0.717) is 36.0 Å². The van der Waals surface area contributed by atoms with Gasteiger partial charge in [0.05, 0.1) is 13.7 Å². The van der Waals surface area contributed by atoms with E-state index in [1.807, 2.05) is 36.4 Å². The number of nitrogens with zero attached hydrogens (tertiary/aromatic N) is 2. The molecule has 1 amide bonds. The molecule has 0 aliphatic rings. The van der Waals surface area contributed by atoms with Gasteiger partial charge in [0.1, 0.15) is 12.4 Å². The van der Waals surface area contributed by atoms with E-state index in [1.54, 1.807) is 48.3 Å². The molecule has 0 unspecified atom stereocenters. The fourth-order valence-corrected chi connectivity index (χ4v) is 3.23. The molecule has 3 aromatic carbocycles. The normalized spacial score (nSPS) is 10.6. The lowest BCUT2D eigenvalue weighted by atomic mass is 10.1. The number of amides is 1. The summed E-state index contributed by atoms with van der Waals surface area (Å²) in [4.78, 5) is 12.7. The zero-order valence-electron chi connectivity index (χ0n) is 17.5. The smallest absolute Gasteiger partial charge is 0.256 e. The number of para-hydroxylation sites is 2. The summed E-state index contributed by atoms with van der Waals surface area (Å²) in [6, 6.07) is 22.6. The first-order valence-electron chi connectivity index (χ1n) is 10.0. The number of aromatic nitrogens is 2. The second-order valence-electron chi connectivity index (χ2n) is 7.12. The molecule has 0 spiro atoms. The monoisotopic (exact) mass is 431 g/mol. The van der Waals surface area contributed by atoms with Crippen LogP contribution in [0.25, 0.3) is 0 Å². The molecule has 1 N–H and O–H groups in total. The predicted molar refractivity (Wildman–Crippen MR) is 119 cm³/mol. The first-order chi connectivity index (χ1) is 15.6. The Kier molecular flexibility index (Phi) is 6.46. The Bertz CT molecular complexity index is 1220. The molecule has 0 fully saturated rings. The van der Waals surface area contributed by atoms with Gasteiger partial charge in [0.25, 0.3) is 5.91 Å². The Balaban J connectivity index is 1.38. The summed E-state index contributed by atoms with van der Waals surface area (Å²) in [6.07, 6.45) is 1.73. The van der Waals surface area contributed by atoms with E-state index >= 15 is 0 Å². The van der Waals surface area contributed by atoms with Gasteiger partial charge in [-0.25, -0.2) is 4.39 Å². The SMILES string of the molecule is COc1ccccc1OCc1cccc(C(=O)Nc2ccn(Cc3cccc(F)c3)n2)c1. The van der Waals surface area contributed by atoms with Crippen molar-refractivity contribution >= 4 is 11.7 Å². The van der Waals surface area contributed by atoms with Gasteiger partial charge >= 0.3 is 0 Å². The molecule has 1 aromatic heterocycles. The molecule has 0 bridgehead atoms. The van der Waals surface area contributed by atoms with Crippen molar-refractivity contribution in [1.82, 2.24) is 9.78 Å². The van der Waals surface area contributed by atoms with Crippen molar-refractivity contribution in [2.75, 3.05) is 12.4 Å². The van der Waals surface area contributed by atoms with Gasteiger partial charge < -0.3 is 14.8 Å². The van der Waals surface area contributed by atoms with Crippen LogP contribution in [0.4, 0.5) is 10.2 Å². The van der Waals surface area contributed by atoms with Crippen LogP contribution in [0.2, 0.25) is 0 Å². The predicted octanol–water partition coefficient (Wildman–Crippen LogP) is 4.91. The number of ether oxygens (including phenoxy) is 2. The van der Waals surface area contributed by atoms with Crippen molar-refractivity contribution in [2.45, 2.75) is 13.2 Å². The molecule has 0 saturated carbocycles. The molecule has 7 heteroatoms. The van der Waals surface area contributed by atoms with Gasteiger partial charge in [-0.15, -0.1) is 0 Å². The molecule has 0 radical (unpaired) electrons. The molecule has 0 saturated heterocycles. The third kappa shape index (κ3) is 5.31. The van der Waals surface area contributed by atoms with Gasteiger partial charge in [0, 0.05) is 17.8 Å². The molecule has 0 aliphatic carbocycles. The van der Waals surface area contributed by atoms with Crippen LogP contribution in [-0.4, -0.2) is 22.8 Å². The number of hydrogen-bond acceptors (Lipinski definition) is 4. The topological polar surface area (TPSA) is 65.4 Å². The molecule has 4 rings (SSSR count). The lowest BCUT2D eigenvalue weighted by Crippen LogP contribution is -2.13. The fourth-order valence-electron chi connectivity index (χ4n) is 3.23. The van der Waals surface area contributed by atoms with Gasteiger partial charge in [-0.1, -0.05) is 36.4 Å². The Morgan fingerprint density at radius 1 is 0.969 bits per heavy atom. The highest BCUT2D eigenvalue weighted by atomic mass is 19.1. The van der Waals surface area contributed by atoms with Crippen LogP contribution in [0, 0.1) is 5.82 Å². The fraction of sp³-hybridized carbons (Fsp3) is 0.120. The van der Waals surface area contributed by atoms with Gasteiger partial charge in [-0.3, -0.25) is 9.48 Å². The standard InChI is InChI=1S/C25H22FN3O3/c1-31-22-10-2-3-11-23(22)32-17-19-7-4-8-20(14-19)25(30)27-24-12-13-29(28-24)16-18-6-5-9-21(26)15-18/h2-15H,16-17H2,1H3,(H,27,28,30). The van der Waals surface area contributed by atoms with Crippen molar-refractivity contribution in [2.24, 2.45) is 0 Å². The average Bonchev–Trinajstić information content (AvgIpc) is 3.24. The minimum absolute atomic E-state index is 0.278. The van der Waals surface area contributed by atoms with E-state index in [4.69, 9.17) is 9.47 Å². The van der Waals surface area contributed by atoms with Gasteiger partial charge in [-0.05, 0) is 47.5 Å². The van der Waals surface area contributed by atoms with Crippen LogP contribution < -0.4 is 14.8 Å². The number of anilines is 1. The molecular formula is C25H22FN3O3. The molecule has 32 heavy (non-hydrogen) atoms. The summed E-state index contributed by atoms with van der Waals surface area (Å²) < 4.78 is 26.1. The second-order valence-corrected chi connectivity index (χ2v) is 7.12. The quantitative estimate of drug-likeness (QED) is 0.431. The van der Waals surface area contributed by atoms with Crippen LogP contribution in [-0.2, 0) is 13.2 Å². The van der Waals surface area contributed by atoms with Crippen LogP contribution >= 0.6 is 0 Å². The number of carbonyl (C=O) groups is 1. The van der Waals surface area contributed by atoms with Crippen LogP contribution in [0.1, 0.15) is 21.5 Å². The number of methoxy groups -OCH3 is 1. The van der Waals surface area contributed by atoms with Crippen LogP contribution in [0.15, 0.2) is 85.1 Å². The first kappa shape index (κ1) is 21.1. The lowest BCUT2D eigenvalue weighted by Gasteiger charge is -2.11. The average molecular weight is 431 g/mol. The molecule has 162 valence electrons. The third-order valence-corrected chi connectivity index (χ3v) is 4.77. The second kappa shape index (κ2) is 9.78. The Labute approximate surface area is 185 Å². The van der Waals surface area contributed by atoms with E-state index in [9.17, 15) is 9.18 Å². The van der Waals surface area contributed by atoms with Crippen molar-refractivity contribution in [1.29, 1.82) is 0 Å². The summed E-state index contributed by atoms with van der Waals surface area (Å²) in [6.45, 7) is 0.702. The van der Waals surface area contributed by atoms with Gasteiger partial charge in [0.2, 0.25) is 0 Å². The maximum atomic E-state index is 13.4. The summed E-state index contributed by atoms with van der Waals surface area (Å²) >= 11 is 0. The number of carbonyl (C=O) groups excluding carboxylic acids is 1. The molecule has 1 heterocycles. The largest absolute Gasteiger partial charge is 0.493 e. The highest BCUT2D eigenvalue weighted by Gasteiger charge is 2.10. The minimum atomic E-state index is -0.294. The van der Waals surface area contributed by atoms with Crippen molar-refractivity contribution < 1.29 is 18.7 Å². The van der Waals surface area contributed by atoms with Crippen LogP contribution in [0.3, 0.4) is 0 Å². The molecule has 0 aliphatic heterocycles. The molecule has 6 nitrogen and oxygen atoms in total. The highest BCUT2D eigenvalue weighted by Crippen LogP contribution is 2.26. The zero-order chi connectivity index (χ0) is 22.3. The zero-order valence-corrected chi connectivity index (χ0v) is 17.5. The minimum Gasteiger partial charge on any atom is -0.493 e. The van der Waals surface area contributed by atoms with Gasteiger partial charge in [-0.2, -0.15) is 5.10 Å². The van der Waals surface area contributed by atoms with Crippen molar-refractivity contribution in [3.8, 4) is 11.5 Å². The summed E-state index contributed by atoms with van der Waals surface area (Å²) in [5.41, 5.74) is 2.12. The number of benzene rings is 3. The Morgan fingerprint density at radius 3 is 2.56 bits per heavy atom. The van der Waals surface area contributed by atoms with E-state index in [2.05, 4.69) is 10.4 Å². The van der Waals surface area contributed by atoms with Crippen molar-refractivity contribution in [3.05, 3.63) is 108 Å². The molecule has 4 aromatic rings. The first-order valence-corrected chi connectivity index (χ1v) is 10.0. The van der Waals surface area contributed by atoms with E-state index < -0.39 is 0 Å². The van der Waals surface area contributed by atoms with E-state index in [1.165, 1.54) is 12.1 Å². The lowest BCUT2D eigenvalue weighted by molar-refractivity contribution is 0.102. The summed E-state index contributed by atoms with van der Waals surface area (Å²) in [7, 11) is 1.59. The maximum Gasteiger partial charge on any atom is 0.256 e. The number of nitrogens with one attached hydrogen (secondary N) is 1. The number of rotatable bonds is 8. The van der Waals surface area contributed by atoms with E-state index in [-0.39, 0.29) is 11.7 Å². The van der Waals surface area contributed by atoms with Crippen molar-refractivity contribution in [3.63, 3.8) is 0 Å². The summed E-state index contributed by atoms with van der Waals surface area (Å²) in [5, 5.41) is 7.13. The van der Waals surface area contributed by atoms with E-state index in [0.717, 1.165) is 11.1 Å².